The number of fused-ring (bicyclic) bond motifs is 1. The summed E-state index contributed by atoms with van der Waals surface area (Å²) in [5.41, 5.74) is 2.34. The highest BCUT2D eigenvalue weighted by molar-refractivity contribution is 7.09. The molecule has 24 heavy (non-hydrogen) atoms. The molecule has 1 N–H and O–H groups in total. The maximum atomic E-state index is 12.4. The molecule has 0 atom stereocenters. The number of aromatic nitrogens is 5. The number of carbonyl (C=O) groups excluding carboxylic acids is 1. The number of aryl methyl sites for hydroxylation is 2. The normalized spacial score (nSPS) is 11.3. The van der Waals surface area contributed by atoms with Crippen LogP contribution >= 0.6 is 11.3 Å². The zero-order valence-electron chi connectivity index (χ0n) is 14.0. The van der Waals surface area contributed by atoms with Crippen molar-refractivity contribution < 1.29 is 4.79 Å². The van der Waals surface area contributed by atoms with Crippen LogP contribution in [-0.2, 0) is 6.42 Å². The van der Waals surface area contributed by atoms with Gasteiger partial charge < -0.3 is 5.32 Å². The predicted octanol–water partition coefficient (Wildman–Crippen LogP) is 2.38. The molecule has 3 heterocycles. The molecule has 7 nitrogen and oxygen atoms in total. The first-order valence-corrected chi connectivity index (χ1v) is 8.82. The van der Waals surface area contributed by atoms with E-state index in [2.05, 4.69) is 25.4 Å². The zero-order chi connectivity index (χ0) is 17.1. The Morgan fingerprint density at radius 2 is 2.21 bits per heavy atom. The lowest BCUT2D eigenvalue weighted by Crippen LogP contribution is -2.26. The first kappa shape index (κ1) is 16.5. The second-order valence-corrected chi connectivity index (χ2v) is 6.88. The highest BCUT2D eigenvalue weighted by Gasteiger charge is 2.15. The highest BCUT2D eigenvalue weighted by atomic mass is 32.1. The molecule has 0 radical (unpaired) electrons. The predicted molar refractivity (Wildman–Crippen MR) is 92.4 cm³/mol. The molecule has 0 aliphatic rings. The molecule has 3 aromatic heterocycles. The van der Waals surface area contributed by atoms with E-state index in [0.717, 1.165) is 29.2 Å². The van der Waals surface area contributed by atoms with Gasteiger partial charge in [-0.15, -0.1) is 11.3 Å². The third kappa shape index (κ3) is 3.59. The SMILES string of the molecule is Cc1csc(CCCNC(=O)c2cc(C(C)C)n3ncnc3n2)n1. The molecule has 126 valence electrons. The maximum absolute atomic E-state index is 12.4. The highest BCUT2D eigenvalue weighted by Crippen LogP contribution is 2.15. The van der Waals surface area contributed by atoms with Crippen molar-refractivity contribution in [3.63, 3.8) is 0 Å². The number of rotatable bonds is 6. The third-order valence-electron chi connectivity index (χ3n) is 3.62. The Morgan fingerprint density at radius 3 is 2.92 bits per heavy atom. The number of amides is 1. The molecule has 0 aromatic carbocycles. The largest absolute Gasteiger partial charge is 0.351 e. The molecule has 0 saturated carbocycles. The van der Waals surface area contributed by atoms with Crippen LogP contribution in [0.15, 0.2) is 17.8 Å². The number of hydrogen-bond acceptors (Lipinski definition) is 6. The minimum absolute atomic E-state index is 0.183. The van der Waals surface area contributed by atoms with E-state index in [1.807, 2.05) is 26.2 Å². The van der Waals surface area contributed by atoms with Gasteiger partial charge in [0.2, 0.25) is 0 Å². The molecule has 1 amide bonds. The van der Waals surface area contributed by atoms with Gasteiger partial charge >= 0.3 is 0 Å². The smallest absolute Gasteiger partial charge is 0.270 e. The average Bonchev–Trinajstić information content (AvgIpc) is 3.18. The number of thiazole rings is 1. The minimum Gasteiger partial charge on any atom is -0.351 e. The van der Waals surface area contributed by atoms with Gasteiger partial charge in [-0.25, -0.2) is 14.5 Å². The summed E-state index contributed by atoms with van der Waals surface area (Å²) in [6.07, 6.45) is 3.17. The number of nitrogens with one attached hydrogen (secondary N) is 1. The van der Waals surface area contributed by atoms with Crippen molar-refractivity contribution in [3.05, 3.63) is 39.9 Å². The second kappa shape index (κ2) is 7.04. The molecule has 0 unspecified atom stereocenters. The van der Waals surface area contributed by atoms with Crippen molar-refractivity contribution >= 4 is 23.0 Å². The molecule has 0 aliphatic heterocycles. The van der Waals surface area contributed by atoms with Crippen LogP contribution in [0.2, 0.25) is 0 Å². The van der Waals surface area contributed by atoms with Gasteiger partial charge in [-0.2, -0.15) is 10.1 Å². The molecule has 3 rings (SSSR count). The molecule has 0 spiro atoms. The van der Waals surface area contributed by atoms with Crippen molar-refractivity contribution in [1.82, 2.24) is 29.9 Å². The van der Waals surface area contributed by atoms with E-state index in [1.54, 1.807) is 21.9 Å². The molecule has 0 fully saturated rings. The third-order valence-corrected chi connectivity index (χ3v) is 4.65. The molecule has 3 aromatic rings. The molecule has 0 saturated heterocycles. The van der Waals surface area contributed by atoms with Crippen molar-refractivity contribution in [1.29, 1.82) is 0 Å². The summed E-state index contributed by atoms with van der Waals surface area (Å²) >= 11 is 1.66. The average molecular weight is 344 g/mol. The second-order valence-electron chi connectivity index (χ2n) is 5.93. The fourth-order valence-electron chi connectivity index (χ4n) is 2.41. The van der Waals surface area contributed by atoms with Gasteiger partial charge in [0.15, 0.2) is 0 Å². The van der Waals surface area contributed by atoms with Crippen LogP contribution in [0.1, 0.15) is 53.1 Å². The van der Waals surface area contributed by atoms with Crippen LogP contribution in [0.3, 0.4) is 0 Å². The summed E-state index contributed by atoms with van der Waals surface area (Å²) in [6, 6.07) is 1.78. The number of hydrogen-bond donors (Lipinski definition) is 1. The van der Waals surface area contributed by atoms with Crippen molar-refractivity contribution in [2.75, 3.05) is 6.54 Å². The van der Waals surface area contributed by atoms with E-state index in [9.17, 15) is 4.79 Å². The summed E-state index contributed by atoms with van der Waals surface area (Å²) in [4.78, 5) is 25.2. The van der Waals surface area contributed by atoms with Crippen LogP contribution in [-0.4, -0.2) is 37.0 Å². The Labute approximate surface area is 144 Å². The first-order valence-electron chi connectivity index (χ1n) is 7.94. The Kier molecular flexibility index (Phi) is 4.84. The molecular weight excluding hydrogens is 324 g/mol. The first-order chi connectivity index (χ1) is 11.5. The summed E-state index contributed by atoms with van der Waals surface area (Å²) < 4.78 is 1.67. The minimum atomic E-state index is -0.183. The summed E-state index contributed by atoms with van der Waals surface area (Å²) in [7, 11) is 0. The van der Waals surface area contributed by atoms with E-state index < -0.39 is 0 Å². The summed E-state index contributed by atoms with van der Waals surface area (Å²) in [5, 5.41) is 10.2. The van der Waals surface area contributed by atoms with Gasteiger partial charge in [-0.1, -0.05) is 13.8 Å². The van der Waals surface area contributed by atoms with Gasteiger partial charge in [0.1, 0.15) is 12.0 Å². The van der Waals surface area contributed by atoms with Crippen LogP contribution in [0.5, 0.6) is 0 Å². The van der Waals surface area contributed by atoms with Gasteiger partial charge in [0.25, 0.3) is 11.7 Å². The fraction of sp³-hybridized carbons (Fsp3) is 0.438. The molecule has 0 aliphatic carbocycles. The van der Waals surface area contributed by atoms with Crippen LogP contribution < -0.4 is 5.32 Å². The van der Waals surface area contributed by atoms with E-state index in [1.165, 1.54) is 6.33 Å². The van der Waals surface area contributed by atoms with Crippen LogP contribution in [0.25, 0.3) is 5.78 Å². The number of carbonyl (C=O) groups is 1. The quantitative estimate of drug-likeness (QED) is 0.694. The Balaban J connectivity index is 1.63. The van der Waals surface area contributed by atoms with E-state index in [0.29, 0.717) is 18.0 Å². The van der Waals surface area contributed by atoms with Crippen LogP contribution in [0.4, 0.5) is 0 Å². The van der Waals surface area contributed by atoms with E-state index in [4.69, 9.17) is 0 Å². The Morgan fingerprint density at radius 1 is 1.38 bits per heavy atom. The van der Waals surface area contributed by atoms with E-state index >= 15 is 0 Å². The monoisotopic (exact) mass is 344 g/mol. The lowest BCUT2D eigenvalue weighted by Gasteiger charge is -2.10. The fourth-order valence-corrected chi connectivity index (χ4v) is 3.23. The maximum Gasteiger partial charge on any atom is 0.270 e. The Hall–Kier alpha value is -2.35. The number of nitrogens with zero attached hydrogens (tertiary/aromatic N) is 5. The summed E-state index contributed by atoms with van der Waals surface area (Å²) in [5.74, 6) is 0.485. The topological polar surface area (TPSA) is 85.1 Å². The summed E-state index contributed by atoms with van der Waals surface area (Å²) in [6.45, 7) is 6.68. The lowest BCUT2D eigenvalue weighted by atomic mass is 10.1. The molecular formula is C16H20N6OS. The van der Waals surface area contributed by atoms with Gasteiger partial charge in [0, 0.05) is 24.0 Å². The van der Waals surface area contributed by atoms with E-state index in [-0.39, 0.29) is 11.8 Å². The molecule has 8 heteroatoms. The van der Waals surface area contributed by atoms with Gasteiger partial charge in [-0.3, -0.25) is 4.79 Å². The lowest BCUT2D eigenvalue weighted by molar-refractivity contribution is 0.0948. The van der Waals surface area contributed by atoms with Crippen molar-refractivity contribution in [3.8, 4) is 0 Å². The zero-order valence-corrected chi connectivity index (χ0v) is 14.8. The van der Waals surface area contributed by atoms with Crippen LogP contribution in [0, 0.1) is 6.92 Å². The standard InChI is InChI=1S/C16H20N6OS/c1-10(2)13-7-12(21-16-18-9-19-22(13)16)15(23)17-6-4-5-14-20-11(3)8-24-14/h7-10H,4-6H2,1-3H3,(H,17,23). The molecule has 0 bridgehead atoms. The van der Waals surface area contributed by atoms with Gasteiger partial charge in [0.05, 0.1) is 10.7 Å². The van der Waals surface area contributed by atoms with Crippen molar-refractivity contribution in [2.45, 2.75) is 39.5 Å². The van der Waals surface area contributed by atoms with Gasteiger partial charge in [-0.05, 0) is 25.3 Å². The van der Waals surface area contributed by atoms with Crippen molar-refractivity contribution in [2.24, 2.45) is 0 Å². The Bertz CT molecular complexity index is 853.